The summed E-state index contributed by atoms with van der Waals surface area (Å²) in [6, 6.07) is 0. The Kier molecular flexibility index (Phi) is 4.36. The Morgan fingerprint density at radius 2 is 2.11 bits per heavy atom. The zero-order valence-corrected chi connectivity index (χ0v) is 11.2. The molecule has 5 nitrogen and oxygen atoms in total. The lowest BCUT2D eigenvalue weighted by atomic mass is 9.97. The number of halogens is 1. The highest BCUT2D eigenvalue weighted by Crippen LogP contribution is 2.25. The van der Waals surface area contributed by atoms with E-state index in [9.17, 15) is 4.79 Å². The Morgan fingerprint density at radius 3 is 2.72 bits per heavy atom. The van der Waals surface area contributed by atoms with E-state index >= 15 is 0 Å². The van der Waals surface area contributed by atoms with Gasteiger partial charge in [0, 0.05) is 39.0 Å². The van der Waals surface area contributed by atoms with Crippen molar-refractivity contribution in [3.8, 4) is 0 Å². The molecule has 1 aliphatic heterocycles. The molecule has 0 aliphatic carbocycles. The molecular formula is C12H17ClN4O. The lowest BCUT2D eigenvalue weighted by Crippen LogP contribution is -2.38. The van der Waals surface area contributed by atoms with Gasteiger partial charge in [0.15, 0.2) is 11.0 Å². The van der Waals surface area contributed by atoms with Crippen LogP contribution in [0.1, 0.15) is 19.8 Å². The van der Waals surface area contributed by atoms with Crippen LogP contribution >= 0.6 is 11.6 Å². The number of carbonyl (C=O) groups excluding carboxylic acids is 1. The fourth-order valence-corrected chi connectivity index (χ4v) is 2.39. The number of hydrogen-bond acceptors (Lipinski definition) is 4. The topological polar surface area (TPSA) is 58.1 Å². The highest BCUT2D eigenvalue weighted by atomic mass is 35.5. The van der Waals surface area contributed by atoms with E-state index in [1.54, 1.807) is 19.3 Å². The molecule has 0 unspecified atom stereocenters. The zero-order chi connectivity index (χ0) is 13.0. The summed E-state index contributed by atoms with van der Waals surface area (Å²) in [5, 5.41) is 3.33. The van der Waals surface area contributed by atoms with Gasteiger partial charge in [-0.15, -0.1) is 0 Å². The second-order valence-electron chi connectivity index (χ2n) is 4.54. The maximum atomic E-state index is 10.9. The van der Waals surface area contributed by atoms with Crippen molar-refractivity contribution in [2.75, 3.05) is 24.5 Å². The van der Waals surface area contributed by atoms with E-state index in [1.165, 1.54) is 0 Å². The van der Waals surface area contributed by atoms with Gasteiger partial charge < -0.3 is 10.2 Å². The molecule has 1 N–H and O–H groups in total. The summed E-state index contributed by atoms with van der Waals surface area (Å²) < 4.78 is 0. The van der Waals surface area contributed by atoms with Gasteiger partial charge in [0.2, 0.25) is 5.91 Å². The Hall–Kier alpha value is -1.36. The predicted octanol–water partition coefficient (Wildman–Crippen LogP) is 1.48. The molecule has 1 aromatic rings. The number of amides is 1. The number of anilines is 1. The molecule has 0 spiro atoms. The molecule has 2 rings (SSSR count). The van der Waals surface area contributed by atoms with Crippen molar-refractivity contribution in [2.45, 2.75) is 19.8 Å². The zero-order valence-electron chi connectivity index (χ0n) is 10.4. The number of hydrogen-bond donors (Lipinski definition) is 1. The number of nitrogens with zero attached hydrogens (tertiary/aromatic N) is 3. The number of nitrogens with one attached hydrogen (secondary N) is 1. The van der Waals surface area contributed by atoms with Crippen molar-refractivity contribution >= 4 is 23.3 Å². The molecule has 1 saturated heterocycles. The van der Waals surface area contributed by atoms with Crippen LogP contribution in [0.2, 0.25) is 5.15 Å². The van der Waals surface area contributed by atoms with E-state index in [0.29, 0.717) is 11.1 Å². The van der Waals surface area contributed by atoms with Crippen LogP contribution in [-0.4, -0.2) is 35.5 Å². The molecule has 6 heteroatoms. The first kappa shape index (κ1) is 13.1. The SMILES string of the molecule is CC(=O)NCC1CCN(c2nccnc2Cl)CC1. The Morgan fingerprint density at radius 1 is 1.44 bits per heavy atom. The average molecular weight is 269 g/mol. The highest BCUT2D eigenvalue weighted by molar-refractivity contribution is 6.31. The van der Waals surface area contributed by atoms with Gasteiger partial charge >= 0.3 is 0 Å². The van der Waals surface area contributed by atoms with Gasteiger partial charge in [-0.3, -0.25) is 4.79 Å². The minimum absolute atomic E-state index is 0.0365. The fraction of sp³-hybridized carbons (Fsp3) is 0.583. The van der Waals surface area contributed by atoms with Crippen molar-refractivity contribution < 1.29 is 4.79 Å². The van der Waals surface area contributed by atoms with Crippen LogP contribution in [0.4, 0.5) is 5.82 Å². The molecular weight excluding hydrogens is 252 g/mol. The summed E-state index contributed by atoms with van der Waals surface area (Å²) in [4.78, 5) is 21.3. The van der Waals surface area contributed by atoms with Crippen molar-refractivity contribution in [2.24, 2.45) is 5.92 Å². The van der Waals surface area contributed by atoms with Gasteiger partial charge in [0.05, 0.1) is 0 Å². The average Bonchev–Trinajstić information content (AvgIpc) is 2.38. The smallest absolute Gasteiger partial charge is 0.216 e. The van der Waals surface area contributed by atoms with Gasteiger partial charge in [-0.2, -0.15) is 0 Å². The number of rotatable bonds is 3. The Labute approximate surface area is 112 Å². The summed E-state index contributed by atoms with van der Waals surface area (Å²) in [6.07, 6.45) is 5.32. The van der Waals surface area contributed by atoms with Crippen molar-refractivity contribution in [3.63, 3.8) is 0 Å². The summed E-state index contributed by atoms with van der Waals surface area (Å²) in [5.74, 6) is 1.34. The summed E-state index contributed by atoms with van der Waals surface area (Å²) >= 11 is 6.02. The second kappa shape index (κ2) is 6.00. The van der Waals surface area contributed by atoms with Crippen LogP contribution < -0.4 is 10.2 Å². The standard InChI is InChI=1S/C12H17ClN4O/c1-9(18)16-8-10-2-6-17(7-3-10)12-11(13)14-4-5-15-12/h4-5,10H,2-3,6-8H2,1H3,(H,16,18). The molecule has 1 fully saturated rings. The van der Waals surface area contributed by atoms with Crippen molar-refractivity contribution in [1.29, 1.82) is 0 Å². The first-order valence-electron chi connectivity index (χ1n) is 6.12. The quantitative estimate of drug-likeness (QED) is 0.902. The van der Waals surface area contributed by atoms with Crippen molar-refractivity contribution in [1.82, 2.24) is 15.3 Å². The lowest BCUT2D eigenvalue weighted by Gasteiger charge is -2.32. The van der Waals surface area contributed by atoms with Crippen LogP contribution in [0.5, 0.6) is 0 Å². The van der Waals surface area contributed by atoms with Crippen LogP contribution in [-0.2, 0) is 4.79 Å². The number of piperidine rings is 1. The molecule has 1 aromatic heterocycles. The highest BCUT2D eigenvalue weighted by Gasteiger charge is 2.21. The van der Waals surface area contributed by atoms with E-state index in [1.807, 2.05) is 0 Å². The molecule has 0 bridgehead atoms. The first-order valence-corrected chi connectivity index (χ1v) is 6.50. The maximum absolute atomic E-state index is 10.9. The molecule has 0 radical (unpaired) electrons. The molecule has 98 valence electrons. The van der Waals surface area contributed by atoms with E-state index in [2.05, 4.69) is 20.2 Å². The van der Waals surface area contributed by atoms with Crippen LogP contribution in [0.3, 0.4) is 0 Å². The minimum Gasteiger partial charge on any atom is -0.356 e. The van der Waals surface area contributed by atoms with Crippen LogP contribution in [0, 0.1) is 5.92 Å². The largest absolute Gasteiger partial charge is 0.356 e. The fourth-order valence-electron chi connectivity index (χ4n) is 2.16. The number of aromatic nitrogens is 2. The normalized spacial score (nSPS) is 16.7. The molecule has 0 atom stereocenters. The van der Waals surface area contributed by atoms with Gasteiger partial charge in [-0.25, -0.2) is 9.97 Å². The lowest BCUT2D eigenvalue weighted by molar-refractivity contribution is -0.119. The monoisotopic (exact) mass is 268 g/mol. The Balaban J connectivity index is 1.87. The van der Waals surface area contributed by atoms with Gasteiger partial charge in [0.1, 0.15) is 0 Å². The molecule has 18 heavy (non-hydrogen) atoms. The van der Waals surface area contributed by atoms with E-state index in [0.717, 1.165) is 38.3 Å². The molecule has 2 heterocycles. The van der Waals surface area contributed by atoms with E-state index < -0.39 is 0 Å². The molecule has 0 saturated carbocycles. The number of carbonyl (C=O) groups is 1. The van der Waals surface area contributed by atoms with Crippen LogP contribution in [0.25, 0.3) is 0 Å². The minimum atomic E-state index is 0.0365. The summed E-state index contributed by atoms with van der Waals surface area (Å²) in [6.45, 7) is 4.12. The van der Waals surface area contributed by atoms with Gasteiger partial charge in [0.25, 0.3) is 0 Å². The van der Waals surface area contributed by atoms with E-state index in [-0.39, 0.29) is 5.91 Å². The predicted molar refractivity (Wildman–Crippen MR) is 70.7 cm³/mol. The van der Waals surface area contributed by atoms with Crippen molar-refractivity contribution in [3.05, 3.63) is 17.5 Å². The van der Waals surface area contributed by atoms with Gasteiger partial charge in [-0.05, 0) is 18.8 Å². The van der Waals surface area contributed by atoms with E-state index in [4.69, 9.17) is 11.6 Å². The maximum Gasteiger partial charge on any atom is 0.216 e. The summed E-state index contributed by atoms with van der Waals surface area (Å²) in [7, 11) is 0. The third-order valence-corrected chi connectivity index (χ3v) is 3.46. The third-order valence-electron chi connectivity index (χ3n) is 3.19. The molecule has 0 aromatic carbocycles. The summed E-state index contributed by atoms with van der Waals surface area (Å²) in [5.41, 5.74) is 0. The first-order chi connectivity index (χ1) is 8.66. The van der Waals surface area contributed by atoms with Crippen LogP contribution in [0.15, 0.2) is 12.4 Å². The molecule has 1 amide bonds. The van der Waals surface area contributed by atoms with Gasteiger partial charge in [-0.1, -0.05) is 11.6 Å². The third kappa shape index (κ3) is 3.32. The Bertz CT molecular complexity index is 418. The second-order valence-corrected chi connectivity index (χ2v) is 4.90. The molecule has 1 aliphatic rings.